The van der Waals surface area contributed by atoms with Crippen LogP contribution >= 0.6 is 16.5 Å². The normalized spacial score (nSPS) is 22.6. The van der Waals surface area contributed by atoms with Crippen LogP contribution < -0.4 is 5.30 Å². The van der Waals surface area contributed by atoms with Gasteiger partial charge in [0.25, 0.3) is 0 Å². The van der Waals surface area contributed by atoms with Crippen molar-refractivity contribution in [2.45, 2.75) is 77.5 Å². The van der Waals surface area contributed by atoms with E-state index >= 15 is 0 Å². The molecule has 2 heteroatoms. The third-order valence-corrected chi connectivity index (χ3v) is 9.75. The average molecular weight is 338 g/mol. The molecule has 0 saturated carbocycles. The van der Waals surface area contributed by atoms with Gasteiger partial charge < -0.3 is 0 Å². The lowest BCUT2D eigenvalue weighted by Gasteiger charge is -2.20. The molecule has 22 heavy (non-hydrogen) atoms. The second-order valence-electron chi connectivity index (χ2n) is 6.37. The van der Waals surface area contributed by atoms with Crippen molar-refractivity contribution in [1.29, 1.82) is 0 Å². The molecule has 1 aliphatic rings. The van der Waals surface area contributed by atoms with Crippen molar-refractivity contribution in [3.05, 3.63) is 29.8 Å². The Bertz CT molecular complexity index is 398. The Kier molecular flexibility index (Phi) is 10.6. The summed E-state index contributed by atoms with van der Waals surface area (Å²) in [5.41, 5.74) is 3.55. The molecule has 0 spiro atoms. The van der Waals surface area contributed by atoms with E-state index in [1.54, 1.807) is 5.30 Å². The molecule has 126 valence electrons. The van der Waals surface area contributed by atoms with Crippen LogP contribution in [0.5, 0.6) is 0 Å². The van der Waals surface area contributed by atoms with Gasteiger partial charge >= 0.3 is 0 Å². The summed E-state index contributed by atoms with van der Waals surface area (Å²) in [4.78, 5) is 0. The smallest absolute Gasteiger partial charge is 0.0171 e. The Morgan fingerprint density at radius 1 is 1.23 bits per heavy atom. The molecule has 0 nitrogen and oxygen atoms in total. The number of aryl methyl sites for hydroxylation is 1. The maximum absolute atomic E-state index is 2.36. The third kappa shape index (κ3) is 6.29. The van der Waals surface area contributed by atoms with Gasteiger partial charge in [-0.25, -0.2) is 0 Å². The van der Waals surface area contributed by atoms with E-state index in [1.165, 1.54) is 50.3 Å². The third-order valence-electron chi connectivity index (χ3n) is 4.81. The van der Waals surface area contributed by atoms with Gasteiger partial charge in [0.15, 0.2) is 0 Å². The topological polar surface area (TPSA) is 0 Å². The second kappa shape index (κ2) is 11.6. The Hall–Kier alpha value is 0.0800. The van der Waals surface area contributed by atoms with Gasteiger partial charge in [-0.3, -0.25) is 0 Å². The second-order valence-corrected chi connectivity index (χ2v) is 10.4. The molecule has 0 N–H and O–H groups in total. The monoisotopic (exact) mass is 338 g/mol. The average Bonchev–Trinajstić information content (AvgIpc) is 3.02. The highest BCUT2D eigenvalue weighted by Crippen LogP contribution is 2.50. The Morgan fingerprint density at radius 2 is 1.95 bits per heavy atom. The van der Waals surface area contributed by atoms with E-state index in [2.05, 4.69) is 58.6 Å². The summed E-state index contributed by atoms with van der Waals surface area (Å²) in [6.45, 7) is 11.5. The van der Waals surface area contributed by atoms with E-state index in [1.807, 2.05) is 0 Å². The van der Waals surface area contributed by atoms with E-state index in [9.17, 15) is 0 Å². The van der Waals surface area contributed by atoms with Gasteiger partial charge in [0.1, 0.15) is 0 Å². The minimum atomic E-state index is 0.175. The predicted octanol–water partition coefficient (Wildman–Crippen LogP) is 6.55. The molecule has 1 aromatic carbocycles. The number of rotatable bonds is 6. The van der Waals surface area contributed by atoms with Crippen LogP contribution in [0.1, 0.15) is 64.9 Å². The largest absolute Gasteiger partial charge is 0.122 e. The van der Waals surface area contributed by atoms with Crippen LogP contribution in [-0.2, 0) is 0 Å². The zero-order valence-electron chi connectivity index (χ0n) is 15.4. The van der Waals surface area contributed by atoms with Gasteiger partial charge in [-0.05, 0) is 74.0 Å². The highest BCUT2D eigenvalue weighted by atomic mass is 31.1. The first-order valence-corrected chi connectivity index (χ1v) is 12.3. The highest BCUT2D eigenvalue weighted by molar-refractivity contribution is 7.66. The molecule has 1 aliphatic heterocycles. The van der Waals surface area contributed by atoms with Crippen molar-refractivity contribution in [2.24, 2.45) is 0 Å². The maximum atomic E-state index is 2.36. The lowest BCUT2D eigenvalue weighted by atomic mass is 10.2. The van der Waals surface area contributed by atoms with Gasteiger partial charge in [-0.1, -0.05) is 59.4 Å². The van der Waals surface area contributed by atoms with E-state index in [-0.39, 0.29) is 7.92 Å². The summed E-state index contributed by atoms with van der Waals surface area (Å²) in [7, 11) is 1.33. The van der Waals surface area contributed by atoms with Gasteiger partial charge in [-0.15, -0.1) is 8.58 Å². The highest BCUT2D eigenvalue weighted by Gasteiger charge is 2.27. The zero-order valence-corrected chi connectivity index (χ0v) is 17.3. The number of hydrogen-bond donors (Lipinski definition) is 0. The lowest BCUT2D eigenvalue weighted by molar-refractivity contribution is 0.716. The Balaban J connectivity index is 0.000000261. The van der Waals surface area contributed by atoms with E-state index < -0.39 is 0 Å². The molecule has 0 bridgehead atoms. The molecule has 1 heterocycles. The first-order valence-electron chi connectivity index (χ1n) is 9.17. The van der Waals surface area contributed by atoms with Gasteiger partial charge in [0.05, 0.1) is 0 Å². The van der Waals surface area contributed by atoms with Crippen molar-refractivity contribution < 1.29 is 0 Å². The first kappa shape index (κ1) is 20.1. The first-order chi connectivity index (χ1) is 10.7. The summed E-state index contributed by atoms with van der Waals surface area (Å²) in [5.74, 6) is 0. The molecule has 2 rings (SSSR count). The predicted molar refractivity (Wildman–Crippen MR) is 109 cm³/mol. The molecule has 3 unspecified atom stereocenters. The van der Waals surface area contributed by atoms with E-state index in [0.717, 1.165) is 19.9 Å². The molecular formula is C20H36P2. The number of hydrogen-bond acceptors (Lipinski definition) is 0. The molecule has 4 atom stereocenters. The van der Waals surface area contributed by atoms with Crippen molar-refractivity contribution in [3.8, 4) is 0 Å². The molecule has 0 aromatic heterocycles. The van der Waals surface area contributed by atoms with Crippen molar-refractivity contribution >= 4 is 21.8 Å². The summed E-state index contributed by atoms with van der Waals surface area (Å²) >= 11 is 0. The van der Waals surface area contributed by atoms with Crippen LogP contribution in [-0.4, -0.2) is 24.1 Å². The minimum Gasteiger partial charge on any atom is -0.122 e. The number of benzene rings is 1. The van der Waals surface area contributed by atoms with Crippen LogP contribution in [0.2, 0.25) is 0 Å². The van der Waals surface area contributed by atoms with Gasteiger partial charge in [0.2, 0.25) is 0 Å². The molecule has 0 radical (unpaired) electrons. The molecule has 1 saturated heterocycles. The van der Waals surface area contributed by atoms with Crippen LogP contribution in [0, 0.1) is 6.92 Å². The van der Waals surface area contributed by atoms with Crippen LogP contribution in [0.4, 0.5) is 0 Å². The lowest BCUT2D eigenvalue weighted by Crippen LogP contribution is -2.11. The molecule has 1 fully saturated rings. The van der Waals surface area contributed by atoms with E-state index in [4.69, 9.17) is 0 Å². The van der Waals surface area contributed by atoms with Crippen molar-refractivity contribution in [1.82, 2.24) is 0 Å². The van der Waals surface area contributed by atoms with Crippen molar-refractivity contribution in [3.63, 3.8) is 0 Å². The van der Waals surface area contributed by atoms with Crippen LogP contribution in [0.3, 0.4) is 0 Å². The summed E-state index contributed by atoms with van der Waals surface area (Å²) in [5, 5.41) is 1.67. The van der Waals surface area contributed by atoms with Crippen LogP contribution in [0.15, 0.2) is 24.3 Å². The minimum absolute atomic E-state index is 0.175. The zero-order chi connectivity index (χ0) is 16.4. The molecule has 1 aromatic rings. The van der Waals surface area contributed by atoms with Gasteiger partial charge in [-0.2, -0.15) is 0 Å². The SMILES string of the molecule is CCCC(CC)PC.CC[C@@H]1CCCP1c1ccccc1C. The summed E-state index contributed by atoms with van der Waals surface area (Å²) in [6, 6.07) is 8.98. The summed E-state index contributed by atoms with van der Waals surface area (Å²) in [6.07, 6.45) is 9.95. The standard InChI is InChI=1S/C13H19P.C7H17P/c1-3-12-8-6-10-14(12)13-9-5-4-7-11(13)2;1-4-6-7(5-2)8-3/h4-5,7,9,12H,3,6,8,10H2,1-2H3;7-8H,4-6H2,1-3H3/t12-,14?;/m1./s1. The Labute approximate surface area is 142 Å². The fourth-order valence-corrected chi connectivity index (χ4v) is 7.61. The Morgan fingerprint density at radius 3 is 2.45 bits per heavy atom. The molecular weight excluding hydrogens is 302 g/mol. The van der Waals surface area contributed by atoms with Gasteiger partial charge in [0, 0.05) is 0 Å². The fourth-order valence-electron chi connectivity index (χ4n) is 3.36. The molecule has 0 amide bonds. The maximum Gasteiger partial charge on any atom is -0.0171 e. The van der Waals surface area contributed by atoms with Crippen molar-refractivity contribution in [2.75, 3.05) is 12.8 Å². The molecule has 0 aliphatic carbocycles. The summed E-state index contributed by atoms with van der Waals surface area (Å²) < 4.78 is 0. The fraction of sp³-hybridized carbons (Fsp3) is 0.700. The van der Waals surface area contributed by atoms with Crippen LogP contribution in [0.25, 0.3) is 0 Å². The quantitative estimate of drug-likeness (QED) is 0.516. The van der Waals surface area contributed by atoms with E-state index in [0.29, 0.717) is 0 Å².